The fraction of sp³-hybridized carbons (Fsp3) is 0. The van der Waals surface area contributed by atoms with E-state index in [1.807, 2.05) is 42.5 Å². The van der Waals surface area contributed by atoms with Gasteiger partial charge in [-0.15, -0.1) is 0 Å². The van der Waals surface area contributed by atoms with E-state index in [9.17, 15) is 0 Å². The Kier molecular flexibility index (Phi) is 6.18. The largest absolute Gasteiger partial charge is 0.454 e. The van der Waals surface area contributed by atoms with Crippen molar-refractivity contribution in [3.8, 4) is 39.9 Å². The summed E-state index contributed by atoms with van der Waals surface area (Å²) in [7, 11) is 0. The molecule has 0 fully saturated rings. The zero-order valence-corrected chi connectivity index (χ0v) is 27.9. The molecule has 5 heteroatoms. The third-order valence-electron chi connectivity index (χ3n) is 10.2. The second-order valence-electron chi connectivity index (χ2n) is 13.2. The number of hydrogen-bond acceptors (Lipinski definition) is 4. The molecular formula is C47H28N4O. The van der Waals surface area contributed by atoms with E-state index in [-0.39, 0.29) is 0 Å². The second kappa shape index (κ2) is 11.2. The van der Waals surface area contributed by atoms with Crippen molar-refractivity contribution in [3.05, 3.63) is 170 Å². The molecule has 0 aliphatic carbocycles. The number of furan rings is 1. The van der Waals surface area contributed by atoms with Crippen LogP contribution in [0.25, 0.3) is 105 Å². The van der Waals surface area contributed by atoms with E-state index in [4.69, 9.17) is 19.4 Å². The number of rotatable bonds is 4. The molecular weight excluding hydrogens is 637 g/mol. The third kappa shape index (κ3) is 4.39. The summed E-state index contributed by atoms with van der Waals surface area (Å²) in [6.07, 6.45) is 0. The van der Waals surface area contributed by atoms with Gasteiger partial charge < -0.3 is 8.98 Å². The minimum absolute atomic E-state index is 0.591. The van der Waals surface area contributed by atoms with Crippen molar-refractivity contribution in [3.63, 3.8) is 0 Å². The molecule has 0 atom stereocenters. The number of aromatic nitrogens is 4. The van der Waals surface area contributed by atoms with Crippen molar-refractivity contribution in [1.82, 2.24) is 19.5 Å². The highest BCUT2D eigenvalue weighted by molar-refractivity contribution is 6.17. The SMILES string of the molecule is c1ccc(-c2nc(-c3ccc4ccccc4c3)nc(-c3ccc(-n4c5ccccc5c5cc6ccccc6cc54)c4oc5ccccc5c34)n2)cc1. The summed E-state index contributed by atoms with van der Waals surface area (Å²) in [5.74, 6) is 1.83. The summed E-state index contributed by atoms with van der Waals surface area (Å²) in [6, 6.07) is 59.1. The van der Waals surface area contributed by atoms with E-state index < -0.39 is 0 Å². The van der Waals surface area contributed by atoms with Crippen LogP contribution in [0.3, 0.4) is 0 Å². The Morgan fingerprint density at radius 2 is 1.04 bits per heavy atom. The van der Waals surface area contributed by atoms with Gasteiger partial charge in [0.2, 0.25) is 0 Å². The fourth-order valence-corrected chi connectivity index (χ4v) is 7.76. The fourth-order valence-electron chi connectivity index (χ4n) is 7.76. The molecule has 0 aliphatic rings. The molecule has 11 aromatic rings. The van der Waals surface area contributed by atoms with E-state index in [1.54, 1.807) is 0 Å². The third-order valence-corrected chi connectivity index (χ3v) is 10.2. The summed E-state index contributed by atoms with van der Waals surface area (Å²) in [4.78, 5) is 15.4. The Bertz CT molecular complexity index is 3190. The summed E-state index contributed by atoms with van der Waals surface area (Å²) in [5.41, 5.74) is 7.54. The highest BCUT2D eigenvalue weighted by Crippen LogP contribution is 2.43. The van der Waals surface area contributed by atoms with Gasteiger partial charge in [-0.05, 0) is 64.0 Å². The zero-order valence-electron chi connectivity index (χ0n) is 27.9. The Balaban J connectivity index is 1.21. The van der Waals surface area contributed by atoms with E-state index in [1.165, 1.54) is 26.9 Å². The van der Waals surface area contributed by atoms with Crippen LogP contribution in [0.4, 0.5) is 0 Å². The average molecular weight is 665 g/mol. The van der Waals surface area contributed by atoms with Crippen LogP contribution < -0.4 is 0 Å². The first-order chi connectivity index (χ1) is 25.8. The maximum atomic E-state index is 6.84. The lowest BCUT2D eigenvalue weighted by Crippen LogP contribution is -2.01. The van der Waals surface area contributed by atoms with Crippen LogP contribution in [-0.4, -0.2) is 19.5 Å². The van der Waals surface area contributed by atoms with E-state index in [0.717, 1.165) is 60.7 Å². The minimum Gasteiger partial charge on any atom is -0.454 e. The van der Waals surface area contributed by atoms with Gasteiger partial charge in [-0.3, -0.25) is 0 Å². The van der Waals surface area contributed by atoms with Gasteiger partial charge >= 0.3 is 0 Å². The van der Waals surface area contributed by atoms with Gasteiger partial charge in [0.05, 0.1) is 16.7 Å². The summed E-state index contributed by atoms with van der Waals surface area (Å²) in [5, 5.41) is 9.08. The van der Waals surface area contributed by atoms with Crippen LogP contribution in [0.1, 0.15) is 0 Å². The van der Waals surface area contributed by atoms with Gasteiger partial charge in [-0.25, -0.2) is 15.0 Å². The molecule has 0 unspecified atom stereocenters. The highest BCUT2D eigenvalue weighted by Gasteiger charge is 2.23. The lowest BCUT2D eigenvalue weighted by Gasteiger charge is -2.13. The lowest BCUT2D eigenvalue weighted by atomic mass is 10.0. The minimum atomic E-state index is 0.591. The number of benzene rings is 8. The maximum absolute atomic E-state index is 6.84. The van der Waals surface area contributed by atoms with Crippen molar-refractivity contribution in [2.75, 3.05) is 0 Å². The van der Waals surface area contributed by atoms with E-state index in [2.05, 4.69) is 132 Å². The number of hydrogen-bond donors (Lipinski definition) is 0. The monoisotopic (exact) mass is 664 g/mol. The van der Waals surface area contributed by atoms with E-state index in [0.29, 0.717) is 17.5 Å². The normalized spacial score (nSPS) is 11.8. The molecule has 8 aromatic carbocycles. The van der Waals surface area contributed by atoms with Gasteiger partial charge in [-0.2, -0.15) is 0 Å². The average Bonchev–Trinajstić information content (AvgIpc) is 3.76. The van der Waals surface area contributed by atoms with Gasteiger partial charge in [0.25, 0.3) is 0 Å². The lowest BCUT2D eigenvalue weighted by molar-refractivity contribution is 0.666. The van der Waals surface area contributed by atoms with Crippen LogP contribution in [0.15, 0.2) is 174 Å². The molecule has 242 valence electrons. The number of para-hydroxylation sites is 2. The molecule has 11 rings (SSSR count). The standard InChI is InChI=1S/C47H28N4O/c1-2-13-30(14-3-1)45-48-46(34-23-22-29-12-4-5-15-31(29)26-34)50-47(49-45)37-24-25-40(44-43(37)36-19-9-11-21-42(36)52-44)51-39-20-10-8-18-35(39)38-27-32-16-6-7-17-33(32)28-41(38)51/h1-28H. The molecule has 52 heavy (non-hydrogen) atoms. The Labute approximate surface area is 298 Å². The molecule has 3 heterocycles. The molecule has 0 spiro atoms. The van der Waals surface area contributed by atoms with Crippen LogP contribution in [0.5, 0.6) is 0 Å². The van der Waals surface area contributed by atoms with Crippen LogP contribution in [0, 0.1) is 0 Å². The van der Waals surface area contributed by atoms with Gasteiger partial charge in [0.1, 0.15) is 5.58 Å². The summed E-state index contributed by atoms with van der Waals surface area (Å²) >= 11 is 0. The van der Waals surface area contributed by atoms with Gasteiger partial charge in [0.15, 0.2) is 23.1 Å². The predicted molar refractivity (Wildman–Crippen MR) is 213 cm³/mol. The topological polar surface area (TPSA) is 56.7 Å². The van der Waals surface area contributed by atoms with Crippen molar-refractivity contribution >= 4 is 65.3 Å². The molecule has 5 nitrogen and oxygen atoms in total. The first-order valence-corrected chi connectivity index (χ1v) is 17.4. The van der Waals surface area contributed by atoms with Crippen molar-refractivity contribution in [2.45, 2.75) is 0 Å². The Morgan fingerprint density at radius 3 is 1.87 bits per heavy atom. The first kappa shape index (κ1) is 28.7. The molecule has 0 bridgehead atoms. The van der Waals surface area contributed by atoms with Gasteiger partial charge in [-0.1, -0.05) is 127 Å². The molecule has 0 saturated carbocycles. The smallest absolute Gasteiger partial charge is 0.164 e. The molecule has 0 amide bonds. The Morgan fingerprint density at radius 1 is 0.404 bits per heavy atom. The number of nitrogens with zero attached hydrogens (tertiary/aromatic N) is 4. The molecule has 0 N–H and O–H groups in total. The van der Waals surface area contributed by atoms with Crippen LogP contribution >= 0.6 is 0 Å². The molecule has 0 saturated heterocycles. The predicted octanol–water partition coefficient (Wildman–Crippen LogP) is 12.2. The number of fused-ring (bicyclic) bond motifs is 8. The van der Waals surface area contributed by atoms with Crippen molar-refractivity contribution in [2.24, 2.45) is 0 Å². The summed E-state index contributed by atoms with van der Waals surface area (Å²) in [6.45, 7) is 0. The molecule has 0 aliphatic heterocycles. The van der Waals surface area contributed by atoms with Crippen LogP contribution in [-0.2, 0) is 0 Å². The van der Waals surface area contributed by atoms with Crippen molar-refractivity contribution < 1.29 is 4.42 Å². The second-order valence-corrected chi connectivity index (χ2v) is 13.2. The zero-order chi connectivity index (χ0) is 34.2. The summed E-state index contributed by atoms with van der Waals surface area (Å²) < 4.78 is 9.18. The van der Waals surface area contributed by atoms with Gasteiger partial charge in [0, 0.05) is 38.2 Å². The highest BCUT2D eigenvalue weighted by atomic mass is 16.3. The molecule has 0 radical (unpaired) electrons. The maximum Gasteiger partial charge on any atom is 0.164 e. The van der Waals surface area contributed by atoms with Crippen molar-refractivity contribution in [1.29, 1.82) is 0 Å². The van der Waals surface area contributed by atoms with Crippen LogP contribution in [0.2, 0.25) is 0 Å². The molecule has 3 aromatic heterocycles. The first-order valence-electron chi connectivity index (χ1n) is 17.4. The Hall–Kier alpha value is -7.11. The quantitative estimate of drug-likeness (QED) is 0.188. The van der Waals surface area contributed by atoms with E-state index >= 15 is 0 Å².